The van der Waals surface area contributed by atoms with Crippen LogP contribution >= 0.6 is 0 Å². The molecule has 2 aromatic carbocycles. The number of nitrogens with two attached hydrogens (primary N) is 1. The van der Waals surface area contributed by atoms with Crippen molar-refractivity contribution in [3.05, 3.63) is 64.7 Å². The number of hydrogen-bond donors (Lipinski definition) is 2. The molecule has 3 N–H and O–H groups in total. The van der Waals surface area contributed by atoms with Crippen molar-refractivity contribution in [2.75, 3.05) is 6.61 Å². The van der Waals surface area contributed by atoms with Crippen molar-refractivity contribution in [3.8, 4) is 0 Å². The van der Waals surface area contributed by atoms with Crippen LogP contribution in [-0.4, -0.2) is 26.9 Å². The highest BCUT2D eigenvalue weighted by Crippen LogP contribution is 2.20. The molecule has 8 heteroatoms. The summed E-state index contributed by atoms with van der Waals surface area (Å²) in [6.45, 7) is 4.60. The van der Waals surface area contributed by atoms with Crippen molar-refractivity contribution >= 4 is 21.9 Å². The normalized spacial score (nSPS) is 12.3. The maximum Gasteiger partial charge on any atom is 0.338 e. The molecule has 1 atom stereocenters. The van der Waals surface area contributed by atoms with Gasteiger partial charge in [0.1, 0.15) is 0 Å². The van der Waals surface area contributed by atoms with E-state index < -0.39 is 28.5 Å². The van der Waals surface area contributed by atoms with E-state index in [4.69, 9.17) is 9.88 Å². The molecule has 0 saturated carbocycles. The third-order valence-corrected chi connectivity index (χ3v) is 5.21. The molecule has 0 radical (unpaired) electrons. The zero-order valence-electron chi connectivity index (χ0n) is 15.4. The predicted octanol–water partition coefficient (Wildman–Crippen LogP) is 1.99. The minimum absolute atomic E-state index is 0.0195. The van der Waals surface area contributed by atoms with Gasteiger partial charge < -0.3 is 10.1 Å². The summed E-state index contributed by atoms with van der Waals surface area (Å²) in [6, 6.07) is 11.8. The zero-order chi connectivity index (χ0) is 20.2. The SMILES string of the molecule is Cc1cc(C(=O)OCC(=O)NC(C)c2ccccc2)cc(S(N)(=O)=O)c1C. The lowest BCUT2D eigenvalue weighted by Crippen LogP contribution is -2.31. The Hall–Kier alpha value is -2.71. The zero-order valence-corrected chi connectivity index (χ0v) is 16.2. The Labute approximate surface area is 158 Å². The number of primary sulfonamides is 1. The van der Waals surface area contributed by atoms with E-state index in [1.165, 1.54) is 6.07 Å². The Bertz CT molecular complexity index is 956. The van der Waals surface area contributed by atoms with Gasteiger partial charge in [-0.15, -0.1) is 0 Å². The average molecular weight is 390 g/mol. The molecule has 0 bridgehead atoms. The van der Waals surface area contributed by atoms with Gasteiger partial charge in [0, 0.05) is 0 Å². The molecule has 0 aliphatic heterocycles. The van der Waals surface area contributed by atoms with E-state index >= 15 is 0 Å². The van der Waals surface area contributed by atoms with Gasteiger partial charge in [0.2, 0.25) is 10.0 Å². The Morgan fingerprint density at radius 2 is 1.78 bits per heavy atom. The van der Waals surface area contributed by atoms with Crippen molar-refractivity contribution in [1.82, 2.24) is 5.32 Å². The van der Waals surface area contributed by atoms with Crippen molar-refractivity contribution in [2.24, 2.45) is 5.14 Å². The molecule has 0 heterocycles. The highest BCUT2D eigenvalue weighted by molar-refractivity contribution is 7.89. The first kappa shape index (κ1) is 20.6. The fraction of sp³-hybridized carbons (Fsp3) is 0.263. The fourth-order valence-corrected chi connectivity index (χ4v) is 3.44. The molecule has 1 amide bonds. The quantitative estimate of drug-likeness (QED) is 0.732. The first-order valence-corrected chi connectivity index (χ1v) is 9.79. The first-order valence-electron chi connectivity index (χ1n) is 8.25. The summed E-state index contributed by atoms with van der Waals surface area (Å²) in [6.07, 6.45) is 0. The molecule has 0 aromatic heterocycles. The average Bonchev–Trinajstić information content (AvgIpc) is 2.61. The molecule has 144 valence electrons. The van der Waals surface area contributed by atoms with Gasteiger partial charge in [-0.1, -0.05) is 30.3 Å². The number of carbonyl (C=O) groups excluding carboxylic acids is 2. The van der Waals surface area contributed by atoms with Crippen LogP contribution in [0.1, 0.15) is 40.0 Å². The highest BCUT2D eigenvalue weighted by Gasteiger charge is 2.19. The molecular weight excluding hydrogens is 368 g/mol. The fourth-order valence-electron chi connectivity index (χ4n) is 2.56. The van der Waals surface area contributed by atoms with E-state index in [1.54, 1.807) is 13.8 Å². The molecule has 0 fully saturated rings. The summed E-state index contributed by atoms with van der Waals surface area (Å²) in [5.74, 6) is -1.26. The van der Waals surface area contributed by atoms with Crippen LogP contribution < -0.4 is 10.5 Å². The van der Waals surface area contributed by atoms with Crippen LogP contribution in [0.4, 0.5) is 0 Å². The van der Waals surface area contributed by atoms with E-state index in [0.29, 0.717) is 11.1 Å². The lowest BCUT2D eigenvalue weighted by molar-refractivity contribution is -0.124. The number of carbonyl (C=O) groups is 2. The van der Waals surface area contributed by atoms with Gasteiger partial charge in [-0.3, -0.25) is 4.79 Å². The number of aryl methyl sites for hydroxylation is 1. The predicted molar refractivity (Wildman–Crippen MR) is 101 cm³/mol. The van der Waals surface area contributed by atoms with Gasteiger partial charge >= 0.3 is 5.97 Å². The highest BCUT2D eigenvalue weighted by atomic mass is 32.2. The van der Waals surface area contributed by atoms with E-state index in [9.17, 15) is 18.0 Å². The smallest absolute Gasteiger partial charge is 0.338 e. The number of sulfonamides is 1. The topological polar surface area (TPSA) is 116 Å². The van der Waals surface area contributed by atoms with E-state index in [-0.39, 0.29) is 16.5 Å². The summed E-state index contributed by atoms with van der Waals surface area (Å²) in [4.78, 5) is 24.1. The molecule has 0 saturated heterocycles. The monoisotopic (exact) mass is 390 g/mol. The van der Waals surface area contributed by atoms with Crippen molar-refractivity contribution in [1.29, 1.82) is 0 Å². The number of hydrogen-bond acceptors (Lipinski definition) is 5. The Morgan fingerprint density at radius 3 is 2.37 bits per heavy atom. The van der Waals surface area contributed by atoms with Crippen LogP contribution in [0.3, 0.4) is 0 Å². The maximum absolute atomic E-state index is 12.2. The van der Waals surface area contributed by atoms with Gasteiger partial charge in [-0.25, -0.2) is 18.4 Å². The van der Waals surface area contributed by atoms with Crippen LogP contribution in [0.5, 0.6) is 0 Å². The number of esters is 1. The molecular formula is C19H22N2O5S. The molecule has 0 aliphatic carbocycles. The Balaban J connectivity index is 2.03. The maximum atomic E-state index is 12.2. The summed E-state index contributed by atoms with van der Waals surface area (Å²) >= 11 is 0. The van der Waals surface area contributed by atoms with Gasteiger partial charge in [-0.05, 0) is 49.6 Å². The van der Waals surface area contributed by atoms with E-state index in [0.717, 1.165) is 11.6 Å². The van der Waals surface area contributed by atoms with Crippen molar-refractivity contribution in [3.63, 3.8) is 0 Å². The number of rotatable bonds is 6. The molecule has 0 aliphatic rings. The van der Waals surface area contributed by atoms with Crippen molar-refractivity contribution in [2.45, 2.75) is 31.7 Å². The second-order valence-corrected chi connectivity index (χ2v) is 7.77. The Kier molecular flexibility index (Phi) is 6.35. The lowest BCUT2D eigenvalue weighted by atomic mass is 10.1. The van der Waals surface area contributed by atoms with Gasteiger partial charge in [-0.2, -0.15) is 0 Å². The van der Waals surface area contributed by atoms with E-state index in [1.807, 2.05) is 37.3 Å². The first-order chi connectivity index (χ1) is 12.6. The van der Waals surface area contributed by atoms with Crippen LogP contribution in [0.2, 0.25) is 0 Å². The summed E-state index contributed by atoms with van der Waals surface area (Å²) in [5.41, 5.74) is 1.98. The summed E-state index contributed by atoms with van der Waals surface area (Å²) < 4.78 is 28.3. The van der Waals surface area contributed by atoms with Crippen LogP contribution in [0.15, 0.2) is 47.4 Å². The minimum atomic E-state index is -3.98. The van der Waals surface area contributed by atoms with Gasteiger partial charge in [0.05, 0.1) is 16.5 Å². The molecule has 7 nitrogen and oxygen atoms in total. The molecule has 27 heavy (non-hydrogen) atoms. The largest absolute Gasteiger partial charge is 0.452 e. The summed E-state index contributed by atoms with van der Waals surface area (Å²) in [5, 5.41) is 7.91. The van der Waals surface area contributed by atoms with Crippen LogP contribution in [-0.2, 0) is 19.6 Å². The van der Waals surface area contributed by atoms with Gasteiger partial charge in [0.25, 0.3) is 5.91 Å². The molecule has 0 spiro atoms. The molecule has 1 unspecified atom stereocenters. The number of ether oxygens (including phenoxy) is 1. The number of amides is 1. The third kappa shape index (κ3) is 5.38. The van der Waals surface area contributed by atoms with Crippen LogP contribution in [0.25, 0.3) is 0 Å². The third-order valence-electron chi connectivity index (χ3n) is 4.17. The van der Waals surface area contributed by atoms with E-state index in [2.05, 4.69) is 5.32 Å². The van der Waals surface area contributed by atoms with Gasteiger partial charge in [0.15, 0.2) is 6.61 Å². The number of nitrogens with one attached hydrogen (secondary N) is 1. The lowest BCUT2D eigenvalue weighted by Gasteiger charge is -2.14. The molecule has 2 aromatic rings. The number of benzene rings is 2. The summed E-state index contributed by atoms with van der Waals surface area (Å²) in [7, 11) is -3.98. The molecule has 2 rings (SSSR count). The van der Waals surface area contributed by atoms with Crippen LogP contribution in [0, 0.1) is 13.8 Å². The Morgan fingerprint density at radius 1 is 1.15 bits per heavy atom. The second-order valence-electron chi connectivity index (χ2n) is 6.24. The standard InChI is InChI=1S/C19H22N2O5S/c1-12-9-16(10-17(13(12)2)27(20,24)25)19(23)26-11-18(22)21-14(3)15-7-5-4-6-8-15/h4-10,14H,11H2,1-3H3,(H,21,22)(H2,20,24,25). The minimum Gasteiger partial charge on any atom is -0.452 e. The van der Waals surface area contributed by atoms with Crippen molar-refractivity contribution < 1.29 is 22.7 Å². The second kappa shape index (κ2) is 8.32.